The van der Waals surface area contributed by atoms with Gasteiger partial charge in [0.15, 0.2) is 0 Å². The van der Waals surface area contributed by atoms with Gasteiger partial charge in [-0.1, -0.05) is 51.1 Å². The molecule has 0 bridgehead atoms. The zero-order valence-corrected chi connectivity index (χ0v) is 8.59. The molecule has 0 aromatic heterocycles. The van der Waals surface area contributed by atoms with Crippen LogP contribution >= 0.6 is 0 Å². The molecular formula is C13H16. The van der Waals surface area contributed by atoms with E-state index in [1.54, 1.807) is 0 Å². The van der Waals surface area contributed by atoms with Crippen molar-refractivity contribution < 1.29 is 0 Å². The fraction of sp³-hybridized carbons (Fsp3) is 0.385. The van der Waals surface area contributed by atoms with Crippen LogP contribution in [-0.2, 0) is 11.8 Å². The first-order chi connectivity index (χ1) is 6.07. The molecule has 0 heterocycles. The molecule has 0 unspecified atom stereocenters. The van der Waals surface area contributed by atoms with Crippen molar-refractivity contribution in [2.45, 2.75) is 32.6 Å². The predicted octanol–water partition coefficient (Wildman–Crippen LogP) is 3.55. The average Bonchev–Trinajstić information content (AvgIpc) is 2.47. The molecule has 68 valence electrons. The van der Waals surface area contributed by atoms with Crippen LogP contribution in [0.1, 0.15) is 37.5 Å². The van der Waals surface area contributed by atoms with Crippen molar-refractivity contribution in [2.75, 3.05) is 0 Å². The zero-order chi connectivity index (χ0) is 9.47. The fourth-order valence-electron chi connectivity index (χ4n) is 1.72. The molecule has 0 N–H and O–H groups in total. The van der Waals surface area contributed by atoms with E-state index in [1.807, 2.05) is 0 Å². The van der Waals surface area contributed by atoms with Crippen LogP contribution in [0.25, 0.3) is 6.08 Å². The molecule has 0 nitrogen and oxygen atoms in total. The summed E-state index contributed by atoms with van der Waals surface area (Å²) in [4.78, 5) is 0. The molecule has 0 spiro atoms. The molecule has 1 aromatic carbocycles. The van der Waals surface area contributed by atoms with Gasteiger partial charge in [-0.25, -0.2) is 0 Å². The second-order valence-electron chi connectivity index (χ2n) is 4.77. The average molecular weight is 172 g/mol. The third-order valence-electron chi connectivity index (χ3n) is 2.65. The summed E-state index contributed by atoms with van der Waals surface area (Å²) in [5.74, 6) is 0. The van der Waals surface area contributed by atoms with Crippen molar-refractivity contribution in [1.29, 1.82) is 0 Å². The van der Waals surface area contributed by atoms with Crippen LogP contribution < -0.4 is 0 Å². The molecule has 13 heavy (non-hydrogen) atoms. The summed E-state index contributed by atoms with van der Waals surface area (Å²) < 4.78 is 0. The van der Waals surface area contributed by atoms with E-state index in [2.05, 4.69) is 51.1 Å². The van der Waals surface area contributed by atoms with E-state index >= 15 is 0 Å². The van der Waals surface area contributed by atoms with E-state index in [1.165, 1.54) is 16.7 Å². The highest BCUT2D eigenvalue weighted by atomic mass is 14.2. The summed E-state index contributed by atoms with van der Waals surface area (Å²) in [6, 6.07) is 6.83. The Bertz CT molecular complexity index is 351. The van der Waals surface area contributed by atoms with Gasteiger partial charge in [-0.2, -0.15) is 0 Å². The molecule has 0 radical (unpaired) electrons. The second-order valence-corrected chi connectivity index (χ2v) is 4.77. The Kier molecular flexibility index (Phi) is 1.80. The van der Waals surface area contributed by atoms with E-state index < -0.39 is 0 Å². The highest BCUT2D eigenvalue weighted by molar-refractivity contribution is 5.61. The third kappa shape index (κ3) is 1.53. The SMILES string of the molecule is CC(C)(C)c1ccc2c(c1)C=CC2. The normalized spacial score (nSPS) is 14.7. The van der Waals surface area contributed by atoms with Gasteiger partial charge >= 0.3 is 0 Å². The second kappa shape index (κ2) is 2.73. The molecule has 0 saturated heterocycles. The Morgan fingerprint density at radius 3 is 2.62 bits per heavy atom. The van der Waals surface area contributed by atoms with Crippen molar-refractivity contribution >= 4 is 6.08 Å². The summed E-state index contributed by atoms with van der Waals surface area (Å²) in [6.45, 7) is 6.77. The van der Waals surface area contributed by atoms with Crippen LogP contribution in [0.3, 0.4) is 0 Å². The number of rotatable bonds is 0. The van der Waals surface area contributed by atoms with Gasteiger partial charge in [0.05, 0.1) is 0 Å². The Labute approximate surface area is 80.3 Å². The molecule has 0 atom stereocenters. The molecular weight excluding hydrogens is 156 g/mol. The van der Waals surface area contributed by atoms with Crippen molar-refractivity contribution in [3.8, 4) is 0 Å². The molecule has 2 rings (SSSR count). The van der Waals surface area contributed by atoms with Gasteiger partial charge in [0, 0.05) is 0 Å². The Hall–Kier alpha value is -1.04. The van der Waals surface area contributed by atoms with Crippen LogP contribution in [-0.4, -0.2) is 0 Å². The summed E-state index contributed by atoms with van der Waals surface area (Å²) in [6.07, 6.45) is 5.57. The highest BCUT2D eigenvalue weighted by Crippen LogP contribution is 2.27. The Balaban J connectivity index is 2.47. The lowest BCUT2D eigenvalue weighted by atomic mass is 9.85. The largest absolute Gasteiger partial charge is 0.0795 e. The maximum atomic E-state index is 2.32. The number of allylic oxidation sites excluding steroid dienone is 1. The molecule has 0 fully saturated rings. The number of benzene rings is 1. The van der Waals surface area contributed by atoms with Crippen molar-refractivity contribution in [2.24, 2.45) is 0 Å². The van der Waals surface area contributed by atoms with Crippen LogP contribution in [0.5, 0.6) is 0 Å². The first kappa shape index (κ1) is 8.55. The van der Waals surface area contributed by atoms with Gasteiger partial charge < -0.3 is 0 Å². The third-order valence-corrected chi connectivity index (χ3v) is 2.65. The first-order valence-corrected chi connectivity index (χ1v) is 4.87. The molecule has 1 aromatic rings. The standard InChI is InChI=1S/C13H16/c1-13(2,3)12-8-7-10-5-4-6-11(10)9-12/h4,6-9H,5H2,1-3H3. The lowest BCUT2D eigenvalue weighted by Gasteiger charge is -2.19. The van der Waals surface area contributed by atoms with Gasteiger partial charge in [-0.15, -0.1) is 0 Å². The van der Waals surface area contributed by atoms with E-state index in [-0.39, 0.29) is 5.41 Å². The Morgan fingerprint density at radius 2 is 1.92 bits per heavy atom. The molecule has 1 aliphatic rings. The minimum absolute atomic E-state index is 0.269. The minimum Gasteiger partial charge on any atom is -0.0795 e. The smallest absolute Gasteiger partial charge is 0.00882 e. The monoisotopic (exact) mass is 172 g/mol. The summed E-state index contributed by atoms with van der Waals surface area (Å²) in [5.41, 5.74) is 4.57. The number of fused-ring (bicyclic) bond motifs is 1. The van der Waals surface area contributed by atoms with Crippen molar-refractivity contribution in [1.82, 2.24) is 0 Å². The van der Waals surface area contributed by atoms with Gasteiger partial charge in [-0.3, -0.25) is 0 Å². The lowest BCUT2D eigenvalue weighted by Crippen LogP contribution is -2.11. The van der Waals surface area contributed by atoms with Crippen LogP contribution in [0, 0.1) is 0 Å². The maximum absolute atomic E-state index is 2.32. The van der Waals surface area contributed by atoms with Crippen LogP contribution in [0.15, 0.2) is 24.3 Å². The van der Waals surface area contributed by atoms with E-state index in [0.29, 0.717) is 0 Å². The molecule has 1 aliphatic carbocycles. The first-order valence-electron chi connectivity index (χ1n) is 4.87. The highest BCUT2D eigenvalue weighted by Gasteiger charge is 2.15. The van der Waals surface area contributed by atoms with Crippen LogP contribution in [0.4, 0.5) is 0 Å². The zero-order valence-electron chi connectivity index (χ0n) is 8.59. The van der Waals surface area contributed by atoms with E-state index in [4.69, 9.17) is 0 Å². The number of hydrogen-bond acceptors (Lipinski definition) is 0. The minimum atomic E-state index is 0.269. The molecule has 0 saturated carbocycles. The van der Waals surface area contributed by atoms with E-state index in [9.17, 15) is 0 Å². The number of hydrogen-bond donors (Lipinski definition) is 0. The van der Waals surface area contributed by atoms with Gasteiger partial charge in [0.1, 0.15) is 0 Å². The predicted molar refractivity (Wildman–Crippen MR) is 57.9 cm³/mol. The van der Waals surface area contributed by atoms with Gasteiger partial charge in [0.2, 0.25) is 0 Å². The molecule has 0 aliphatic heterocycles. The fourth-order valence-corrected chi connectivity index (χ4v) is 1.72. The quantitative estimate of drug-likeness (QED) is 0.561. The molecule has 0 amide bonds. The van der Waals surface area contributed by atoms with Gasteiger partial charge in [-0.05, 0) is 28.5 Å². The lowest BCUT2D eigenvalue weighted by molar-refractivity contribution is 0.590. The van der Waals surface area contributed by atoms with Crippen molar-refractivity contribution in [3.05, 3.63) is 41.0 Å². The maximum Gasteiger partial charge on any atom is -0.00882 e. The topological polar surface area (TPSA) is 0 Å². The van der Waals surface area contributed by atoms with Crippen molar-refractivity contribution in [3.63, 3.8) is 0 Å². The summed E-state index contributed by atoms with van der Waals surface area (Å²) in [7, 11) is 0. The Morgan fingerprint density at radius 1 is 1.15 bits per heavy atom. The summed E-state index contributed by atoms with van der Waals surface area (Å²) in [5, 5.41) is 0. The van der Waals surface area contributed by atoms with Crippen LogP contribution in [0.2, 0.25) is 0 Å². The van der Waals surface area contributed by atoms with E-state index in [0.717, 1.165) is 6.42 Å². The summed E-state index contributed by atoms with van der Waals surface area (Å²) >= 11 is 0. The molecule has 0 heteroatoms. The van der Waals surface area contributed by atoms with Gasteiger partial charge in [0.25, 0.3) is 0 Å².